The van der Waals surface area contributed by atoms with Gasteiger partial charge in [-0.1, -0.05) is 16.4 Å². The molecular formula is C18H14BrN6NaO6S2. The summed E-state index contributed by atoms with van der Waals surface area (Å²) in [7, 11) is 1.26. The summed E-state index contributed by atoms with van der Waals surface area (Å²) in [5.74, 6) is -2.15. The number of allylic oxidation sites excluding steroid dienone is 1. The molecule has 2 aliphatic rings. The molecule has 0 spiro atoms. The molecule has 2 aromatic heterocycles. The van der Waals surface area contributed by atoms with Crippen molar-refractivity contribution in [1.29, 1.82) is 0 Å². The molecule has 16 heteroatoms. The van der Waals surface area contributed by atoms with Gasteiger partial charge in [0.05, 0.1) is 11.7 Å². The first-order chi connectivity index (χ1) is 15.8. The SMILES string of the molecule is CO/N=C(\C(=O)N[C@@H]1C(=O)N2C(C(=O)[O-])=C(/C=C\c3cc(Br)no3)CS[C@H]12)c1csc(N)n1.[Na+]. The standard InChI is InChI=1S/C18H15BrN6O6S2.Na/c1-30-24-11(9-6-33-18(20)21-9)14(26)22-12-15(27)25-13(17(28)29)7(5-32-16(12)25)2-3-8-4-10(19)23-31-8;/h2-4,6,12,16H,5H2,1H3,(H2,20,21)(H,22,26)(H,28,29);/q;+1/p-1/b3-2-,24-11-;/t12-,16-;/m1./s1. The summed E-state index contributed by atoms with van der Waals surface area (Å²) in [6.07, 6.45) is 3.06. The summed E-state index contributed by atoms with van der Waals surface area (Å²) < 4.78 is 5.53. The number of nitrogens with zero attached hydrogens (tertiary/aromatic N) is 4. The number of anilines is 1. The van der Waals surface area contributed by atoms with Crippen LogP contribution in [0.5, 0.6) is 0 Å². The molecule has 1 fully saturated rings. The van der Waals surface area contributed by atoms with Crippen LogP contribution in [-0.2, 0) is 19.2 Å². The minimum Gasteiger partial charge on any atom is -0.543 e. The van der Waals surface area contributed by atoms with E-state index in [1.54, 1.807) is 6.07 Å². The number of β-lactam (4-membered cyclic amide) rings is 1. The van der Waals surface area contributed by atoms with Gasteiger partial charge in [-0.15, -0.1) is 23.1 Å². The molecule has 2 aliphatic heterocycles. The average molecular weight is 577 g/mol. The summed E-state index contributed by atoms with van der Waals surface area (Å²) in [6.45, 7) is 0. The summed E-state index contributed by atoms with van der Waals surface area (Å²) >= 11 is 5.56. The number of aromatic nitrogens is 2. The maximum absolute atomic E-state index is 12.8. The van der Waals surface area contributed by atoms with Gasteiger partial charge in [0.25, 0.3) is 11.8 Å². The van der Waals surface area contributed by atoms with E-state index in [1.165, 1.54) is 36.4 Å². The number of halogens is 1. The van der Waals surface area contributed by atoms with Crippen LogP contribution >= 0.6 is 39.0 Å². The van der Waals surface area contributed by atoms with E-state index in [2.05, 4.69) is 36.5 Å². The zero-order valence-electron chi connectivity index (χ0n) is 17.7. The van der Waals surface area contributed by atoms with Crippen molar-refractivity contribution in [1.82, 2.24) is 20.4 Å². The number of aliphatic carboxylic acids is 1. The summed E-state index contributed by atoms with van der Waals surface area (Å²) in [4.78, 5) is 47.2. The second-order valence-corrected chi connectivity index (χ2v) is 9.41. The van der Waals surface area contributed by atoms with Gasteiger partial charge in [-0.3, -0.25) is 14.5 Å². The van der Waals surface area contributed by atoms with Gasteiger partial charge in [-0.25, -0.2) is 4.98 Å². The molecule has 0 unspecified atom stereocenters. The molecule has 2 amide bonds. The van der Waals surface area contributed by atoms with Crippen molar-refractivity contribution in [3.8, 4) is 0 Å². The number of nitrogen functional groups attached to an aromatic ring is 1. The number of amides is 2. The van der Waals surface area contributed by atoms with Crippen LogP contribution in [0.3, 0.4) is 0 Å². The summed E-state index contributed by atoms with van der Waals surface area (Å²) in [5.41, 5.74) is 5.75. The third-order valence-electron chi connectivity index (χ3n) is 4.59. The first-order valence-electron chi connectivity index (χ1n) is 9.13. The van der Waals surface area contributed by atoms with Crippen LogP contribution in [0, 0.1) is 0 Å². The molecule has 0 radical (unpaired) electrons. The van der Waals surface area contributed by atoms with Crippen LogP contribution in [-0.4, -0.2) is 62.8 Å². The average Bonchev–Trinajstić information content (AvgIpc) is 3.40. The predicted molar refractivity (Wildman–Crippen MR) is 120 cm³/mol. The summed E-state index contributed by atoms with van der Waals surface area (Å²) in [5, 5.41) is 22.9. The minimum absolute atomic E-state index is 0. The number of carbonyl (C=O) groups excluding carboxylic acids is 3. The molecule has 0 aromatic carbocycles. The van der Waals surface area contributed by atoms with E-state index in [-0.39, 0.29) is 57.5 Å². The van der Waals surface area contributed by atoms with Crippen LogP contribution in [0.1, 0.15) is 11.5 Å². The van der Waals surface area contributed by atoms with Crippen LogP contribution in [0.25, 0.3) is 6.08 Å². The molecule has 2 atom stereocenters. The zero-order chi connectivity index (χ0) is 23.7. The number of thiazole rings is 1. The molecule has 0 aliphatic carbocycles. The van der Waals surface area contributed by atoms with E-state index in [0.29, 0.717) is 15.9 Å². The van der Waals surface area contributed by atoms with Crippen molar-refractivity contribution in [2.24, 2.45) is 5.16 Å². The van der Waals surface area contributed by atoms with Gasteiger partial charge in [-0.05, 0) is 27.6 Å². The van der Waals surface area contributed by atoms with Crippen LogP contribution in [0.2, 0.25) is 0 Å². The van der Waals surface area contributed by atoms with Gasteiger partial charge in [0.1, 0.15) is 28.8 Å². The fourth-order valence-corrected chi connectivity index (χ4v) is 5.35. The van der Waals surface area contributed by atoms with E-state index in [0.717, 1.165) is 16.2 Å². The normalized spacial score (nSPS) is 20.0. The summed E-state index contributed by atoms with van der Waals surface area (Å²) in [6, 6.07) is 0.634. The number of rotatable bonds is 7. The molecule has 0 saturated carbocycles. The molecule has 3 N–H and O–H groups in total. The fraction of sp³-hybridized carbons (Fsp3) is 0.222. The Kier molecular flexibility index (Phi) is 8.59. The van der Waals surface area contributed by atoms with E-state index in [4.69, 9.17) is 15.1 Å². The third-order valence-corrected chi connectivity index (χ3v) is 6.94. The molecule has 2 aromatic rings. The number of carboxylic acid groups (broad SMARTS) is 1. The maximum Gasteiger partial charge on any atom is 1.00 e. The van der Waals surface area contributed by atoms with Gasteiger partial charge in [0, 0.05) is 17.2 Å². The first-order valence-corrected chi connectivity index (χ1v) is 11.8. The van der Waals surface area contributed by atoms with Gasteiger partial charge < -0.3 is 30.3 Å². The Hall–Kier alpha value is -2.17. The Morgan fingerprint density at radius 2 is 2.24 bits per heavy atom. The molecule has 4 rings (SSSR count). The number of carbonyl (C=O) groups is 3. The number of thioether (sulfide) groups is 1. The smallest absolute Gasteiger partial charge is 0.543 e. The van der Waals surface area contributed by atoms with Crippen molar-refractivity contribution >= 4 is 73.7 Å². The van der Waals surface area contributed by atoms with Gasteiger partial charge in [0.15, 0.2) is 16.6 Å². The van der Waals surface area contributed by atoms with Crippen LogP contribution in [0.4, 0.5) is 5.13 Å². The Morgan fingerprint density at radius 1 is 1.47 bits per heavy atom. The largest absolute Gasteiger partial charge is 1.00 e. The fourth-order valence-electron chi connectivity index (χ4n) is 3.19. The molecule has 172 valence electrons. The van der Waals surface area contributed by atoms with E-state index >= 15 is 0 Å². The second-order valence-electron chi connectivity index (χ2n) is 6.60. The number of fused-ring (bicyclic) bond motifs is 1. The molecule has 0 bridgehead atoms. The number of oxime groups is 1. The van der Waals surface area contributed by atoms with E-state index in [9.17, 15) is 19.5 Å². The quantitative estimate of drug-likeness (QED) is 0.149. The Balaban J connectivity index is 0.00000324. The van der Waals surface area contributed by atoms with Crippen molar-refractivity contribution < 1.29 is 58.4 Å². The Bertz CT molecular complexity index is 1230. The monoisotopic (exact) mass is 576 g/mol. The van der Waals surface area contributed by atoms with Gasteiger partial charge in [0.2, 0.25) is 0 Å². The second kappa shape index (κ2) is 11.0. The Labute approximate surface area is 231 Å². The van der Waals surface area contributed by atoms with Crippen molar-refractivity contribution in [3.63, 3.8) is 0 Å². The molecule has 4 heterocycles. The molecule has 1 saturated heterocycles. The molecular weight excluding hydrogens is 563 g/mol. The predicted octanol–water partition coefficient (Wildman–Crippen LogP) is -3.05. The number of hydrogen-bond donors (Lipinski definition) is 2. The Morgan fingerprint density at radius 3 is 2.82 bits per heavy atom. The zero-order valence-corrected chi connectivity index (χ0v) is 22.9. The third kappa shape index (κ3) is 5.23. The van der Waals surface area contributed by atoms with E-state index in [1.807, 2.05) is 0 Å². The number of nitrogens with one attached hydrogen (secondary N) is 1. The minimum atomic E-state index is -1.50. The number of nitrogens with two attached hydrogens (primary N) is 1. The van der Waals surface area contributed by atoms with Crippen molar-refractivity contribution in [2.45, 2.75) is 11.4 Å². The maximum atomic E-state index is 12.8. The van der Waals surface area contributed by atoms with Crippen LogP contribution < -0.4 is 45.7 Å². The number of carboxylic acids is 1. The topological polar surface area (TPSA) is 176 Å². The van der Waals surface area contributed by atoms with E-state index < -0.39 is 29.2 Å². The van der Waals surface area contributed by atoms with Gasteiger partial charge in [-0.2, -0.15) is 0 Å². The first kappa shape index (κ1) is 26.4. The van der Waals surface area contributed by atoms with Gasteiger partial charge >= 0.3 is 29.6 Å². The van der Waals surface area contributed by atoms with Crippen molar-refractivity contribution in [2.75, 3.05) is 18.6 Å². The van der Waals surface area contributed by atoms with Crippen LogP contribution in [0.15, 0.2) is 43.1 Å². The molecule has 12 nitrogen and oxygen atoms in total. The molecule has 34 heavy (non-hydrogen) atoms. The van der Waals surface area contributed by atoms with Crippen molar-refractivity contribution in [3.05, 3.63) is 44.8 Å². The number of hydrogen-bond acceptors (Lipinski definition) is 12.